The number of amides is 2. The van der Waals surface area contributed by atoms with E-state index in [0.29, 0.717) is 12.2 Å². The second-order valence-electron chi connectivity index (χ2n) is 6.76. The number of carbonyl (C=O) groups excluding carboxylic acids is 2. The van der Waals surface area contributed by atoms with Gasteiger partial charge in [-0.25, -0.2) is 0 Å². The van der Waals surface area contributed by atoms with Crippen molar-refractivity contribution < 1.29 is 19.4 Å². The smallest absolute Gasteiger partial charge is 0.263 e. The normalized spacial score (nSPS) is 17.7. The minimum Gasteiger partial charge on any atom is -0.497 e. The number of carbonyl (C=O) groups is 2. The lowest BCUT2D eigenvalue weighted by molar-refractivity contribution is 0.0946. The molecule has 0 saturated heterocycles. The van der Waals surface area contributed by atoms with Crippen LogP contribution in [0.5, 0.6) is 5.75 Å². The Kier molecular flexibility index (Phi) is 5.79. The van der Waals surface area contributed by atoms with Crippen LogP contribution in [-0.2, 0) is 6.54 Å². The Hall–Kier alpha value is -3.13. The number of nitrogens with zero attached hydrogens (tertiary/aromatic N) is 1. The fraction of sp³-hybridized carbons (Fsp3) is 0.350. The standard InChI is InChI=1S/C20H23N3O5/c1-21-19(26)16-7-13(18(25)22-17-8-14(17)11-24)10-23(20(16)27)9-12-4-3-5-15(6-12)28-2/h3-7,10,14,17,24H,8-9,11H2,1-2H3,(H,21,26)(H,22,25)/t14-,17+/m1/s1. The zero-order valence-corrected chi connectivity index (χ0v) is 15.8. The fourth-order valence-electron chi connectivity index (χ4n) is 3.02. The molecule has 0 radical (unpaired) electrons. The molecule has 2 aromatic rings. The van der Waals surface area contributed by atoms with Gasteiger partial charge < -0.3 is 25.0 Å². The van der Waals surface area contributed by atoms with Gasteiger partial charge in [-0.05, 0) is 30.2 Å². The van der Waals surface area contributed by atoms with Gasteiger partial charge in [-0.1, -0.05) is 12.1 Å². The van der Waals surface area contributed by atoms with Crippen LogP contribution in [-0.4, -0.2) is 48.3 Å². The van der Waals surface area contributed by atoms with E-state index in [9.17, 15) is 14.4 Å². The van der Waals surface area contributed by atoms with Crippen molar-refractivity contribution in [2.45, 2.75) is 19.0 Å². The number of hydrogen-bond acceptors (Lipinski definition) is 5. The Morgan fingerprint density at radius 1 is 1.29 bits per heavy atom. The van der Waals surface area contributed by atoms with E-state index in [2.05, 4.69) is 10.6 Å². The lowest BCUT2D eigenvalue weighted by Gasteiger charge is -2.12. The van der Waals surface area contributed by atoms with Crippen molar-refractivity contribution in [3.05, 3.63) is 63.6 Å². The molecule has 8 heteroatoms. The summed E-state index contributed by atoms with van der Waals surface area (Å²) in [7, 11) is 2.98. The van der Waals surface area contributed by atoms with Gasteiger partial charge in [0.25, 0.3) is 17.4 Å². The number of nitrogens with one attached hydrogen (secondary N) is 2. The highest BCUT2D eigenvalue weighted by Crippen LogP contribution is 2.29. The largest absolute Gasteiger partial charge is 0.497 e. The lowest BCUT2D eigenvalue weighted by atomic mass is 10.1. The van der Waals surface area contributed by atoms with Crippen LogP contribution in [0.1, 0.15) is 32.7 Å². The molecule has 0 bridgehead atoms. The van der Waals surface area contributed by atoms with Crippen LogP contribution in [0.25, 0.3) is 0 Å². The summed E-state index contributed by atoms with van der Waals surface area (Å²) in [5, 5.41) is 14.4. The van der Waals surface area contributed by atoms with Crippen molar-refractivity contribution in [3.8, 4) is 5.75 Å². The maximum Gasteiger partial charge on any atom is 0.263 e. The molecule has 1 heterocycles. The number of aromatic nitrogens is 1. The molecule has 8 nitrogen and oxygen atoms in total. The third-order valence-corrected chi connectivity index (χ3v) is 4.78. The molecule has 1 aliphatic rings. The minimum absolute atomic E-state index is 0.0176. The van der Waals surface area contributed by atoms with Gasteiger partial charge in [-0.2, -0.15) is 0 Å². The summed E-state index contributed by atoms with van der Waals surface area (Å²) >= 11 is 0. The van der Waals surface area contributed by atoms with E-state index in [4.69, 9.17) is 9.84 Å². The van der Waals surface area contributed by atoms with Crippen LogP contribution in [0.2, 0.25) is 0 Å². The molecule has 0 aliphatic heterocycles. The molecule has 1 aromatic heterocycles. The highest BCUT2D eigenvalue weighted by Gasteiger charge is 2.37. The highest BCUT2D eigenvalue weighted by atomic mass is 16.5. The van der Waals surface area contributed by atoms with Crippen LogP contribution in [0.4, 0.5) is 0 Å². The molecule has 0 spiro atoms. The summed E-state index contributed by atoms with van der Waals surface area (Å²) in [6.07, 6.45) is 2.16. The summed E-state index contributed by atoms with van der Waals surface area (Å²) in [4.78, 5) is 37.5. The number of hydrogen-bond donors (Lipinski definition) is 3. The Bertz CT molecular complexity index is 953. The summed E-state index contributed by atoms with van der Waals surface area (Å²) in [5.41, 5.74) is 0.417. The Morgan fingerprint density at radius 3 is 2.71 bits per heavy atom. The molecule has 1 saturated carbocycles. The van der Waals surface area contributed by atoms with E-state index in [-0.39, 0.29) is 42.1 Å². The van der Waals surface area contributed by atoms with Crippen LogP contribution in [0, 0.1) is 5.92 Å². The number of rotatable bonds is 7. The Morgan fingerprint density at radius 2 is 2.07 bits per heavy atom. The van der Waals surface area contributed by atoms with Crippen molar-refractivity contribution in [1.29, 1.82) is 0 Å². The van der Waals surface area contributed by atoms with Crippen molar-refractivity contribution >= 4 is 11.8 Å². The number of methoxy groups -OCH3 is 1. The van der Waals surface area contributed by atoms with Gasteiger partial charge in [0.1, 0.15) is 11.3 Å². The first kappa shape index (κ1) is 19.6. The van der Waals surface area contributed by atoms with Crippen molar-refractivity contribution in [2.75, 3.05) is 20.8 Å². The second kappa shape index (κ2) is 8.26. The van der Waals surface area contributed by atoms with Crippen LogP contribution in [0.15, 0.2) is 41.3 Å². The molecule has 1 fully saturated rings. The third kappa shape index (κ3) is 4.23. The van der Waals surface area contributed by atoms with Crippen molar-refractivity contribution in [2.24, 2.45) is 5.92 Å². The van der Waals surface area contributed by atoms with Gasteiger partial charge in [-0.3, -0.25) is 14.4 Å². The Labute approximate surface area is 162 Å². The molecule has 28 heavy (non-hydrogen) atoms. The predicted octanol–water partition coefficient (Wildman–Crippen LogP) is 0.375. The van der Waals surface area contributed by atoms with Gasteiger partial charge in [0.15, 0.2) is 0 Å². The maximum atomic E-state index is 12.7. The van der Waals surface area contributed by atoms with Gasteiger partial charge in [0.05, 0.1) is 19.2 Å². The zero-order chi connectivity index (χ0) is 20.3. The fourth-order valence-corrected chi connectivity index (χ4v) is 3.02. The van der Waals surface area contributed by atoms with Crippen LogP contribution >= 0.6 is 0 Å². The monoisotopic (exact) mass is 385 g/mol. The van der Waals surface area contributed by atoms with Crippen LogP contribution < -0.4 is 20.9 Å². The highest BCUT2D eigenvalue weighted by molar-refractivity contribution is 5.99. The average molecular weight is 385 g/mol. The number of ether oxygens (including phenoxy) is 1. The molecule has 1 aromatic carbocycles. The quantitative estimate of drug-likeness (QED) is 0.638. The Balaban J connectivity index is 1.94. The van der Waals surface area contributed by atoms with E-state index in [1.807, 2.05) is 6.07 Å². The van der Waals surface area contributed by atoms with Crippen LogP contribution in [0.3, 0.4) is 0 Å². The summed E-state index contributed by atoms with van der Waals surface area (Å²) < 4.78 is 6.54. The van der Waals surface area contributed by atoms with E-state index < -0.39 is 11.5 Å². The lowest BCUT2D eigenvalue weighted by Crippen LogP contribution is -2.34. The molecule has 1 aliphatic carbocycles. The number of aliphatic hydroxyl groups is 1. The topological polar surface area (TPSA) is 110 Å². The average Bonchev–Trinajstić information content (AvgIpc) is 3.47. The van der Waals surface area contributed by atoms with Gasteiger partial charge >= 0.3 is 0 Å². The zero-order valence-electron chi connectivity index (χ0n) is 15.8. The summed E-state index contributed by atoms with van der Waals surface area (Å²) in [6.45, 7) is 0.202. The summed E-state index contributed by atoms with van der Waals surface area (Å²) in [5.74, 6) is -0.232. The first-order valence-corrected chi connectivity index (χ1v) is 8.98. The molecule has 148 valence electrons. The molecular formula is C20H23N3O5. The molecular weight excluding hydrogens is 362 g/mol. The number of aliphatic hydroxyl groups excluding tert-OH is 1. The molecule has 2 amide bonds. The maximum absolute atomic E-state index is 12.7. The van der Waals surface area contributed by atoms with Gasteiger partial charge in [0.2, 0.25) is 0 Å². The molecule has 2 atom stereocenters. The van der Waals surface area contributed by atoms with Crippen molar-refractivity contribution in [3.63, 3.8) is 0 Å². The molecule has 3 N–H and O–H groups in total. The van der Waals surface area contributed by atoms with E-state index >= 15 is 0 Å². The first-order chi connectivity index (χ1) is 13.5. The summed E-state index contributed by atoms with van der Waals surface area (Å²) in [6, 6.07) is 8.43. The number of benzene rings is 1. The molecule has 3 rings (SSSR count). The van der Waals surface area contributed by atoms with Gasteiger partial charge in [-0.15, -0.1) is 0 Å². The predicted molar refractivity (Wildman–Crippen MR) is 103 cm³/mol. The van der Waals surface area contributed by atoms with E-state index in [1.54, 1.807) is 25.3 Å². The van der Waals surface area contributed by atoms with Crippen molar-refractivity contribution in [1.82, 2.24) is 15.2 Å². The minimum atomic E-state index is -0.557. The number of pyridine rings is 1. The van der Waals surface area contributed by atoms with E-state index in [0.717, 1.165) is 5.56 Å². The SMILES string of the molecule is CNC(=O)c1cc(C(=O)N[C@H]2C[C@@H]2CO)cn(Cc2cccc(OC)c2)c1=O. The second-order valence-corrected chi connectivity index (χ2v) is 6.76. The first-order valence-electron chi connectivity index (χ1n) is 8.98. The third-order valence-electron chi connectivity index (χ3n) is 4.78. The van der Waals surface area contributed by atoms with E-state index in [1.165, 1.54) is 23.9 Å². The van der Waals surface area contributed by atoms with Gasteiger partial charge in [0, 0.05) is 31.8 Å². The molecule has 0 unspecified atom stereocenters.